The van der Waals surface area contributed by atoms with Crippen molar-refractivity contribution in [3.63, 3.8) is 0 Å². The van der Waals surface area contributed by atoms with Crippen molar-refractivity contribution in [3.05, 3.63) is 71.3 Å². The summed E-state index contributed by atoms with van der Waals surface area (Å²) >= 11 is 0. The fourth-order valence-corrected chi connectivity index (χ4v) is 1.67. The van der Waals surface area contributed by atoms with Gasteiger partial charge in [0.1, 0.15) is 0 Å². The van der Waals surface area contributed by atoms with Crippen molar-refractivity contribution in [2.75, 3.05) is 0 Å². The highest BCUT2D eigenvalue weighted by atomic mass is 16.3. The molecule has 0 aromatic heterocycles. The average Bonchev–Trinajstić information content (AvgIpc) is 2.31. The van der Waals surface area contributed by atoms with Gasteiger partial charge in [-0.2, -0.15) is 0 Å². The van der Waals surface area contributed by atoms with Crippen LogP contribution in [0.15, 0.2) is 48.5 Å². The van der Waals surface area contributed by atoms with Crippen LogP contribution in [-0.2, 0) is 6.42 Å². The minimum absolute atomic E-state index is 0.439. The predicted molar refractivity (Wildman–Crippen MR) is 65.2 cm³/mol. The third-order valence-corrected chi connectivity index (χ3v) is 2.60. The van der Waals surface area contributed by atoms with Crippen LogP contribution in [0.2, 0.25) is 0 Å². The molecular formula is C15H15O. The van der Waals surface area contributed by atoms with Gasteiger partial charge in [0.15, 0.2) is 0 Å². The molecule has 2 aromatic carbocycles. The predicted octanol–water partition coefficient (Wildman–Crippen LogP) is 3.13. The Kier molecular flexibility index (Phi) is 3.37. The highest BCUT2D eigenvalue weighted by Gasteiger charge is 2.01. The molecule has 81 valence electrons. The summed E-state index contributed by atoms with van der Waals surface area (Å²) < 4.78 is 0. The topological polar surface area (TPSA) is 20.2 Å². The minimum Gasteiger partial charge on any atom is -0.389 e. The second-order valence-electron chi connectivity index (χ2n) is 3.99. The number of aliphatic hydroxyl groups is 1. The number of benzene rings is 2. The smallest absolute Gasteiger partial charge is 0.0767 e. The van der Waals surface area contributed by atoms with Crippen molar-refractivity contribution >= 4 is 0 Å². The second kappa shape index (κ2) is 4.95. The zero-order valence-corrected chi connectivity index (χ0v) is 9.35. The molecule has 16 heavy (non-hydrogen) atoms. The van der Waals surface area contributed by atoms with Crippen LogP contribution < -0.4 is 0 Å². The molecule has 1 radical (unpaired) electrons. The molecule has 0 heterocycles. The number of hydrogen-bond donors (Lipinski definition) is 1. The lowest BCUT2D eigenvalue weighted by Crippen LogP contribution is -1.93. The van der Waals surface area contributed by atoms with Crippen molar-refractivity contribution < 1.29 is 5.11 Å². The summed E-state index contributed by atoms with van der Waals surface area (Å²) in [5.74, 6) is 0. The largest absolute Gasteiger partial charge is 0.389 e. The monoisotopic (exact) mass is 211 g/mol. The SMILES string of the molecule is CC(O)c1[c]cc(Cc2ccccc2)cc1. The third-order valence-electron chi connectivity index (χ3n) is 2.60. The highest BCUT2D eigenvalue weighted by molar-refractivity contribution is 5.28. The zero-order valence-electron chi connectivity index (χ0n) is 9.35. The normalized spacial score (nSPS) is 12.4. The van der Waals surface area contributed by atoms with Crippen LogP contribution in [0.25, 0.3) is 0 Å². The van der Waals surface area contributed by atoms with Gasteiger partial charge in [0, 0.05) is 0 Å². The fraction of sp³-hybridized carbons (Fsp3) is 0.200. The lowest BCUT2D eigenvalue weighted by atomic mass is 10.0. The zero-order chi connectivity index (χ0) is 11.4. The van der Waals surface area contributed by atoms with E-state index in [1.54, 1.807) is 6.92 Å². The van der Waals surface area contributed by atoms with E-state index in [-0.39, 0.29) is 0 Å². The molecule has 0 aliphatic rings. The van der Waals surface area contributed by atoms with Crippen LogP contribution in [0.4, 0.5) is 0 Å². The van der Waals surface area contributed by atoms with Crippen molar-refractivity contribution in [2.24, 2.45) is 0 Å². The quantitative estimate of drug-likeness (QED) is 0.827. The maximum Gasteiger partial charge on any atom is 0.0767 e. The average molecular weight is 211 g/mol. The van der Waals surface area contributed by atoms with Crippen LogP contribution in [0.3, 0.4) is 0 Å². The first-order chi connectivity index (χ1) is 7.75. The summed E-state index contributed by atoms with van der Waals surface area (Å²) in [5, 5.41) is 9.37. The second-order valence-corrected chi connectivity index (χ2v) is 3.99. The van der Waals surface area contributed by atoms with Crippen molar-refractivity contribution in [1.29, 1.82) is 0 Å². The first kappa shape index (κ1) is 10.9. The highest BCUT2D eigenvalue weighted by Crippen LogP contribution is 2.14. The van der Waals surface area contributed by atoms with Gasteiger partial charge in [0.25, 0.3) is 0 Å². The molecule has 0 aliphatic heterocycles. The summed E-state index contributed by atoms with van der Waals surface area (Å²) in [4.78, 5) is 0. The molecular weight excluding hydrogens is 196 g/mol. The van der Waals surface area contributed by atoms with E-state index in [0.29, 0.717) is 0 Å². The van der Waals surface area contributed by atoms with E-state index in [0.717, 1.165) is 12.0 Å². The fourth-order valence-electron chi connectivity index (χ4n) is 1.67. The first-order valence-corrected chi connectivity index (χ1v) is 5.48. The summed E-state index contributed by atoms with van der Waals surface area (Å²) in [5.41, 5.74) is 3.35. The number of aliphatic hydroxyl groups excluding tert-OH is 1. The Hall–Kier alpha value is -1.60. The van der Waals surface area contributed by atoms with E-state index in [4.69, 9.17) is 0 Å². The van der Waals surface area contributed by atoms with Crippen LogP contribution in [0, 0.1) is 6.07 Å². The number of rotatable bonds is 3. The first-order valence-electron chi connectivity index (χ1n) is 5.48. The Balaban J connectivity index is 2.11. The van der Waals surface area contributed by atoms with Crippen LogP contribution >= 0.6 is 0 Å². The minimum atomic E-state index is -0.439. The van der Waals surface area contributed by atoms with E-state index in [1.165, 1.54) is 11.1 Å². The van der Waals surface area contributed by atoms with Gasteiger partial charge in [0.05, 0.1) is 6.10 Å². The Bertz CT molecular complexity index is 429. The molecule has 0 saturated heterocycles. The van der Waals surface area contributed by atoms with Crippen molar-refractivity contribution in [3.8, 4) is 0 Å². The molecule has 1 N–H and O–H groups in total. The standard InChI is InChI=1S/C15H15O/c1-12(16)15-9-7-14(8-10-15)11-13-5-3-2-4-6-13/h2-9,12,16H,11H2,1H3. The van der Waals surface area contributed by atoms with E-state index in [9.17, 15) is 5.11 Å². The Morgan fingerprint density at radius 1 is 1.06 bits per heavy atom. The summed E-state index contributed by atoms with van der Waals surface area (Å²) in [6.07, 6.45) is 0.475. The van der Waals surface area contributed by atoms with Crippen LogP contribution in [-0.4, -0.2) is 5.11 Å². The van der Waals surface area contributed by atoms with Gasteiger partial charge < -0.3 is 5.11 Å². The molecule has 0 amide bonds. The Morgan fingerprint density at radius 3 is 2.38 bits per heavy atom. The van der Waals surface area contributed by atoms with E-state index in [1.807, 2.05) is 36.4 Å². The van der Waals surface area contributed by atoms with Crippen molar-refractivity contribution in [2.45, 2.75) is 19.4 Å². The molecule has 0 fully saturated rings. The molecule has 0 bridgehead atoms. The van der Waals surface area contributed by atoms with Gasteiger partial charge in [-0.05, 0) is 36.1 Å². The summed E-state index contributed by atoms with van der Waals surface area (Å²) in [6, 6.07) is 19.4. The van der Waals surface area contributed by atoms with Gasteiger partial charge >= 0.3 is 0 Å². The molecule has 1 nitrogen and oxygen atoms in total. The lowest BCUT2D eigenvalue weighted by molar-refractivity contribution is 0.199. The van der Waals surface area contributed by atoms with E-state index >= 15 is 0 Å². The molecule has 1 atom stereocenters. The van der Waals surface area contributed by atoms with Gasteiger partial charge in [-0.3, -0.25) is 0 Å². The maximum atomic E-state index is 9.37. The molecule has 1 heteroatoms. The number of hydrogen-bond acceptors (Lipinski definition) is 1. The third kappa shape index (κ3) is 2.71. The van der Waals surface area contributed by atoms with Gasteiger partial charge in [-0.25, -0.2) is 0 Å². The lowest BCUT2D eigenvalue weighted by Gasteiger charge is -2.05. The maximum absolute atomic E-state index is 9.37. The molecule has 1 unspecified atom stereocenters. The Morgan fingerprint density at radius 2 is 1.81 bits per heavy atom. The van der Waals surface area contributed by atoms with Gasteiger partial charge in [0.2, 0.25) is 0 Å². The van der Waals surface area contributed by atoms with Gasteiger partial charge in [-0.15, -0.1) is 0 Å². The van der Waals surface area contributed by atoms with Crippen LogP contribution in [0.5, 0.6) is 0 Å². The van der Waals surface area contributed by atoms with Gasteiger partial charge in [-0.1, -0.05) is 48.5 Å². The van der Waals surface area contributed by atoms with Crippen LogP contribution in [0.1, 0.15) is 29.7 Å². The van der Waals surface area contributed by atoms with E-state index in [2.05, 4.69) is 18.2 Å². The summed E-state index contributed by atoms with van der Waals surface area (Å²) in [6.45, 7) is 1.75. The Labute approximate surface area is 96.4 Å². The molecule has 2 rings (SSSR count). The molecule has 0 saturated carbocycles. The van der Waals surface area contributed by atoms with E-state index < -0.39 is 6.10 Å². The van der Waals surface area contributed by atoms with Crippen molar-refractivity contribution in [1.82, 2.24) is 0 Å². The molecule has 0 spiro atoms. The molecule has 0 aliphatic carbocycles. The summed E-state index contributed by atoms with van der Waals surface area (Å²) in [7, 11) is 0. The molecule has 2 aromatic rings.